The molecule has 28 heavy (non-hydrogen) atoms. The lowest BCUT2D eigenvalue weighted by atomic mass is 10.0. The lowest BCUT2D eigenvalue weighted by Gasteiger charge is -2.12. The van der Waals surface area contributed by atoms with Crippen LogP contribution in [0.1, 0.15) is 34.3 Å². The standard InChI is InChI=1S/C22H22N2O3S/c25-12-4-11-24-21(27)18-7-1-2-8-19(18)23-22(24)28-14-20(26)17-10-9-15-5-3-6-16(15)13-17/h1-2,7-10,13,25H,3-6,11-12,14H2. The fourth-order valence-corrected chi connectivity index (χ4v) is 4.56. The minimum atomic E-state index is -0.133. The minimum absolute atomic E-state index is 0.00255. The average molecular weight is 394 g/mol. The summed E-state index contributed by atoms with van der Waals surface area (Å²) in [4.78, 5) is 30.2. The van der Waals surface area contributed by atoms with Crippen molar-refractivity contribution in [3.8, 4) is 0 Å². The molecule has 0 atom stereocenters. The molecule has 6 heteroatoms. The summed E-state index contributed by atoms with van der Waals surface area (Å²) in [5.74, 6) is 0.263. The Balaban J connectivity index is 1.59. The van der Waals surface area contributed by atoms with Crippen LogP contribution in [0.5, 0.6) is 0 Å². The van der Waals surface area contributed by atoms with Crippen molar-refractivity contribution in [3.05, 3.63) is 69.5 Å². The van der Waals surface area contributed by atoms with E-state index >= 15 is 0 Å². The second kappa shape index (κ2) is 8.29. The van der Waals surface area contributed by atoms with Crippen molar-refractivity contribution in [2.24, 2.45) is 0 Å². The normalized spacial score (nSPS) is 13.0. The summed E-state index contributed by atoms with van der Waals surface area (Å²) in [5, 5.41) is 10.2. The molecule has 144 valence electrons. The Bertz CT molecular complexity index is 1090. The van der Waals surface area contributed by atoms with Gasteiger partial charge in [0.15, 0.2) is 10.9 Å². The fraction of sp³-hybridized carbons (Fsp3) is 0.318. The maximum Gasteiger partial charge on any atom is 0.262 e. The van der Waals surface area contributed by atoms with E-state index in [4.69, 9.17) is 5.11 Å². The first-order chi connectivity index (χ1) is 13.7. The van der Waals surface area contributed by atoms with Crippen LogP contribution >= 0.6 is 11.8 Å². The second-order valence-corrected chi connectivity index (χ2v) is 7.94. The molecule has 2 aromatic carbocycles. The van der Waals surface area contributed by atoms with Gasteiger partial charge in [-0.2, -0.15) is 0 Å². The molecule has 0 radical (unpaired) electrons. The number of benzene rings is 2. The Morgan fingerprint density at radius 1 is 1.14 bits per heavy atom. The Morgan fingerprint density at radius 2 is 1.96 bits per heavy atom. The number of carbonyl (C=O) groups is 1. The van der Waals surface area contributed by atoms with Crippen LogP contribution in [-0.4, -0.2) is 32.8 Å². The average Bonchev–Trinajstić information content (AvgIpc) is 3.19. The predicted molar refractivity (Wildman–Crippen MR) is 111 cm³/mol. The van der Waals surface area contributed by atoms with Gasteiger partial charge in [-0.05, 0) is 55.0 Å². The number of aliphatic hydroxyl groups is 1. The highest BCUT2D eigenvalue weighted by Gasteiger charge is 2.16. The lowest BCUT2D eigenvalue weighted by molar-refractivity contribution is 0.102. The summed E-state index contributed by atoms with van der Waals surface area (Å²) >= 11 is 1.28. The molecule has 0 amide bonds. The van der Waals surface area contributed by atoms with Gasteiger partial charge in [0.1, 0.15) is 0 Å². The van der Waals surface area contributed by atoms with Crippen LogP contribution in [0.4, 0.5) is 0 Å². The topological polar surface area (TPSA) is 72.2 Å². The van der Waals surface area contributed by atoms with E-state index in [0.29, 0.717) is 29.0 Å². The number of carbonyl (C=O) groups excluding carboxylic acids is 1. The summed E-state index contributed by atoms with van der Waals surface area (Å²) in [6.07, 6.45) is 3.75. The monoisotopic (exact) mass is 394 g/mol. The highest BCUT2D eigenvalue weighted by molar-refractivity contribution is 7.99. The maximum absolute atomic E-state index is 12.8. The molecule has 0 spiro atoms. The number of rotatable bonds is 7. The van der Waals surface area contributed by atoms with Gasteiger partial charge in [-0.15, -0.1) is 0 Å². The second-order valence-electron chi connectivity index (χ2n) is 6.99. The van der Waals surface area contributed by atoms with E-state index in [0.717, 1.165) is 24.8 Å². The largest absolute Gasteiger partial charge is 0.396 e. The van der Waals surface area contributed by atoms with Crippen LogP contribution in [-0.2, 0) is 19.4 Å². The quantitative estimate of drug-likeness (QED) is 0.378. The summed E-state index contributed by atoms with van der Waals surface area (Å²) < 4.78 is 1.57. The number of hydrogen-bond acceptors (Lipinski definition) is 5. The Kier molecular flexibility index (Phi) is 5.59. The van der Waals surface area contributed by atoms with E-state index in [1.165, 1.54) is 22.9 Å². The minimum Gasteiger partial charge on any atom is -0.396 e. The zero-order chi connectivity index (χ0) is 19.5. The van der Waals surface area contributed by atoms with E-state index < -0.39 is 0 Å². The Hall–Kier alpha value is -2.44. The first kappa shape index (κ1) is 18.9. The molecule has 0 saturated carbocycles. The number of Topliss-reactive ketones (excluding diaryl/α,β-unsaturated/α-hetero) is 1. The van der Waals surface area contributed by atoms with Gasteiger partial charge >= 0.3 is 0 Å². The van der Waals surface area contributed by atoms with Crippen molar-refractivity contribution in [1.29, 1.82) is 0 Å². The summed E-state index contributed by atoms with van der Waals surface area (Å²) in [6.45, 7) is 0.375. The van der Waals surface area contributed by atoms with E-state index in [2.05, 4.69) is 11.1 Å². The molecule has 0 bridgehead atoms. The number of para-hydroxylation sites is 1. The fourth-order valence-electron chi connectivity index (χ4n) is 3.64. The highest BCUT2D eigenvalue weighted by atomic mass is 32.2. The Labute approximate surface area is 167 Å². The predicted octanol–water partition coefficient (Wildman–Crippen LogP) is 3.24. The van der Waals surface area contributed by atoms with Gasteiger partial charge in [-0.3, -0.25) is 14.2 Å². The summed E-state index contributed by atoms with van der Waals surface area (Å²) in [6, 6.07) is 13.2. The maximum atomic E-state index is 12.8. The molecule has 1 aromatic heterocycles. The van der Waals surface area contributed by atoms with Crippen molar-refractivity contribution in [2.45, 2.75) is 37.4 Å². The zero-order valence-electron chi connectivity index (χ0n) is 15.6. The number of thioether (sulfide) groups is 1. The molecule has 0 fully saturated rings. The number of nitrogens with zero attached hydrogens (tertiary/aromatic N) is 2. The molecule has 3 aromatic rings. The van der Waals surface area contributed by atoms with Gasteiger partial charge in [0.25, 0.3) is 5.56 Å². The number of fused-ring (bicyclic) bond motifs is 2. The molecule has 1 N–H and O–H groups in total. The number of hydrogen-bond donors (Lipinski definition) is 1. The van der Waals surface area contributed by atoms with Crippen LogP contribution in [0.2, 0.25) is 0 Å². The zero-order valence-corrected chi connectivity index (χ0v) is 16.4. The molecule has 0 saturated heterocycles. The van der Waals surface area contributed by atoms with Crippen LogP contribution in [0, 0.1) is 0 Å². The summed E-state index contributed by atoms with van der Waals surface area (Å²) in [7, 11) is 0. The SMILES string of the molecule is O=C(CSc1nc2ccccc2c(=O)n1CCCO)c1ccc2c(c1)CCC2. The van der Waals surface area contributed by atoms with Crippen LogP contribution < -0.4 is 5.56 Å². The van der Waals surface area contributed by atoms with Crippen LogP contribution in [0.25, 0.3) is 10.9 Å². The van der Waals surface area contributed by atoms with Crippen LogP contribution in [0.15, 0.2) is 52.4 Å². The van der Waals surface area contributed by atoms with E-state index in [9.17, 15) is 9.59 Å². The van der Waals surface area contributed by atoms with Crippen molar-refractivity contribution >= 4 is 28.4 Å². The number of ketones is 1. The molecule has 0 aliphatic heterocycles. The van der Waals surface area contributed by atoms with Crippen molar-refractivity contribution in [2.75, 3.05) is 12.4 Å². The summed E-state index contributed by atoms with van der Waals surface area (Å²) in [5.41, 5.74) is 3.84. The van der Waals surface area contributed by atoms with Gasteiger partial charge < -0.3 is 5.11 Å². The Morgan fingerprint density at radius 3 is 2.82 bits per heavy atom. The molecule has 4 rings (SSSR count). The smallest absolute Gasteiger partial charge is 0.262 e. The van der Waals surface area contributed by atoms with Crippen molar-refractivity contribution in [1.82, 2.24) is 9.55 Å². The van der Waals surface area contributed by atoms with Gasteiger partial charge in [-0.25, -0.2) is 4.98 Å². The van der Waals surface area contributed by atoms with Gasteiger partial charge in [0, 0.05) is 18.7 Å². The van der Waals surface area contributed by atoms with Crippen molar-refractivity contribution in [3.63, 3.8) is 0 Å². The highest BCUT2D eigenvalue weighted by Crippen LogP contribution is 2.24. The van der Waals surface area contributed by atoms with Gasteiger partial charge in [-0.1, -0.05) is 36.0 Å². The molecule has 0 unspecified atom stereocenters. The molecular weight excluding hydrogens is 372 g/mol. The molecule has 5 nitrogen and oxygen atoms in total. The molecule has 1 heterocycles. The first-order valence-electron chi connectivity index (χ1n) is 9.55. The lowest BCUT2D eigenvalue weighted by Crippen LogP contribution is -2.24. The van der Waals surface area contributed by atoms with E-state index in [1.807, 2.05) is 24.3 Å². The number of aromatic nitrogens is 2. The molecule has 1 aliphatic rings. The number of aliphatic hydroxyl groups excluding tert-OH is 1. The van der Waals surface area contributed by atoms with E-state index in [-0.39, 0.29) is 23.7 Å². The molecular formula is C22H22N2O3S. The van der Waals surface area contributed by atoms with Gasteiger partial charge in [0.05, 0.1) is 16.7 Å². The van der Waals surface area contributed by atoms with Crippen LogP contribution in [0.3, 0.4) is 0 Å². The number of aryl methyl sites for hydroxylation is 2. The third kappa shape index (κ3) is 3.75. The third-order valence-corrected chi connectivity index (χ3v) is 6.10. The molecule has 1 aliphatic carbocycles. The van der Waals surface area contributed by atoms with E-state index in [1.54, 1.807) is 16.7 Å². The first-order valence-corrected chi connectivity index (χ1v) is 10.5. The van der Waals surface area contributed by atoms with Crippen molar-refractivity contribution < 1.29 is 9.90 Å². The van der Waals surface area contributed by atoms with Gasteiger partial charge in [0.2, 0.25) is 0 Å². The third-order valence-electron chi connectivity index (χ3n) is 5.12.